The molecule has 0 fully saturated rings. The molecule has 0 spiro atoms. The van der Waals surface area contributed by atoms with Crippen LogP contribution < -0.4 is 14.2 Å². The van der Waals surface area contributed by atoms with Crippen LogP contribution in [0.1, 0.15) is 30.7 Å². The third-order valence-electron chi connectivity index (χ3n) is 4.47. The second-order valence-electron chi connectivity index (χ2n) is 6.74. The number of hydrogen-bond donors (Lipinski definition) is 1. The van der Waals surface area contributed by atoms with Crippen LogP contribution in [-0.4, -0.2) is 30.4 Å². The Kier molecular flexibility index (Phi) is 5.99. The van der Waals surface area contributed by atoms with Gasteiger partial charge in [0, 0.05) is 23.6 Å². The summed E-state index contributed by atoms with van der Waals surface area (Å²) in [6, 6.07) is 8.33. The molecule has 0 saturated carbocycles. The fourth-order valence-electron chi connectivity index (χ4n) is 3.16. The minimum atomic E-state index is -0.322. The summed E-state index contributed by atoms with van der Waals surface area (Å²) in [7, 11) is 3.11. The van der Waals surface area contributed by atoms with Gasteiger partial charge in [-0.3, -0.25) is 4.98 Å². The van der Waals surface area contributed by atoms with Crippen molar-refractivity contribution in [3.8, 4) is 17.2 Å². The van der Waals surface area contributed by atoms with E-state index in [0.29, 0.717) is 34.1 Å². The van der Waals surface area contributed by atoms with Crippen LogP contribution in [0.3, 0.4) is 0 Å². The lowest BCUT2D eigenvalue weighted by atomic mass is 9.99. The highest BCUT2D eigenvalue weighted by atomic mass is 19.1. The van der Waals surface area contributed by atoms with Crippen molar-refractivity contribution in [3.63, 3.8) is 0 Å². The standard InChI is InChI=1S/C22H24FNO4/c1-13(2)28-16-5-6-19(23)14(7-16)8-20-18-10-22(27-4)21(26-3)9-17(18)15(12-25)11-24-20/h5-7,9-11,13,25H,8,12H2,1-4H3. The molecule has 0 bridgehead atoms. The van der Waals surface area contributed by atoms with Gasteiger partial charge in [-0.05, 0) is 55.1 Å². The Morgan fingerprint density at radius 3 is 2.29 bits per heavy atom. The first-order chi connectivity index (χ1) is 13.5. The van der Waals surface area contributed by atoms with Gasteiger partial charge in [-0.2, -0.15) is 0 Å². The highest BCUT2D eigenvalue weighted by molar-refractivity contribution is 5.90. The van der Waals surface area contributed by atoms with Gasteiger partial charge in [-0.15, -0.1) is 0 Å². The van der Waals surface area contributed by atoms with Crippen LogP contribution in [0.5, 0.6) is 17.2 Å². The number of hydrogen-bond acceptors (Lipinski definition) is 5. The van der Waals surface area contributed by atoms with Gasteiger partial charge in [0.15, 0.2) is 11.5 Å². The zero-order valence-electron chi connectivity index (χ0n) is 16.5. The summed E-state index contributed by atoms with van der Waals surface area (Å²) in [6.07, 6.45) is 1.88. The normalized spacial score (nSPS) is 11.1. The second kappa shape index (κ2) is 8.44. The largest absolute Gasteiger partial charge is 0.493 e. The van der Waals surface area contributed by atoms with E-state index in [1.165, 1.54) is 6.07 Å². The Morgan fingerprint density at radius 1 is 1.00 bits per heavy atom. The van der Waals surface area contributed by atoms with Crippen LogP contribution in [0, 0.1) is 5.82 Å². The Balaban J connectivity index is 2.11. The van der Waals surface area contributed by atoms with Crippen molar-refractivity contribution in [1.29, 1.82) is 0 Å². The highest BCUT2D eigenvalue weighted by Crippen LogP contribution is 2.35. The van der Waals surface area contributed by atoms with Crippen LogP contribution in [0.15, 0.2) is 36.5 Å². The van der Waals surface area contributed by atoms with Crippen LogP contribution in [-0.2, 0) is 13.0 Å². The van der Waals surface area contributed by atoms with Crippen LogP contribution in [0.2, 0.25) is 0 Å². The van der Waals surface area contributed by atoms with E-state index in [0.717, 1.165) is 10.8 Å². The van der Waals surface area contributed by atoms with Gasteiger partial charge in [0.05, 0.1) is 32.6 Å². The molecule has 1 aromatic heterocycles. The smallest absolute Gasteiger partial charge is 0.161 e. The number of pyridine rings is 1. The molecule has 3 rings (SSSR count). The molecule has 0 atom stereocenters. The molecular formula is C22H24FNO4. The van der Waals surface area contributed by atoms with Gasteiger partial charge in [-0.1, -0.05) is 0 Å². The topological polar surface area (TPSA) is 60.8 Å². The van der Waals surface area contributed by atoms with E-state index in [9.17, 15) is 9.50 Å². The lowest BCUT2D eigenvalue weighted by Crippen LogP contribution is -2.06. The Morgan fingerprint density at radius 2 is 1.68 bits per heavy atom. The summed E-state index contributed by atoms with van der Waals surface area (Å²) in [4.78, 5) is 4.47. The van der Waals surface area contributed by atoms with E-state index in [2.05, 4.69) is 4.98 Å². The lowest BCUT2D eigenvalue weighted by molar-refractivity contribution is 0.242. The summed E-state index contributed by atoms with van der Waals surface area (Å²) in [6.45, 7) is 3.68. The number of fused-ring (bicyclic) bond motifs is 1. The number of aliphatic hydroxyl groups excluding tert-OH is 1. The number of aliphatic hydroxyl groups is 1. The number of nitrogens with zero attached hydrogens (tertiary/aromatic N) is 1. The van der Waals surface area contributed by atoms with Gasteiger partial charge in [0.1, 0.15) is 11.6 Å². The number of aromatic nitrogens is 1. The quantitative estimate of drug-likeness (QED) is 0.658. The molecular weight excluding hydrogens is 361 g/mol. The van der Waals surface area contributed by atoms with E-state index in [1.807, 2.05) is 19.9 Å². The van der Waals surface area contributed by atoms with Gasteiger partial charge < -0.3 is 19.3 Å². The summed E-state index contributed by atoms with van der Waals surface area (Å²) in [5.74, 6) is 1.39. The molecule has 0 saturated heterocycles. The number of halogens is 1. The molecule has 6 heteroatoms. The van der Waals surface area contributed by atoms with Crippen molar-refractivity contribution in [2.45, 2.75) is 33.0 Å². The minimum absolute atomic E-state index is 0.00201. The zero-order chi connectivity index (χ0) is 20.3. The Hall–Kier alpha value is -2.86. The molecule has 5 nitrogen and oxygen atoms in total. The van der Waals surface area contributed by atoms with E-state index in [4.69, 9.17) is 14.2 Å². The summed E-state index contributed by atoms with van der Waals surface area (Å²) in [5, 5.41) is 11.3. The van der Waals surface area contributed by atoms with E-state index < -0.39 is 0 Å². The Labute approximate surface area is 163 Å². The molecule has 0 unspecified atom stereocenters. The minimum Gasteiger partial charge on any atom is -0.493 e. The first-order valence-corrected chi connectivity index (χ1v) is 9.05. The maximum atomic E-state index is 14.4. The summed E-state index contributed by atoms with van der Waals surface area (Å²) >= 11 is 0. The lowest BCUT2D eigenvalue weighted by Gasteiger charge is -2.15. The SMILES string of the molecule is COc1cc2c(CO)cnc(Cc3cc(OC(C)C)ccc3F)c2cc1OC. The molecule has 0 amide bonds. The first-order valence-electron chi connectivity index (χ1n) is 9.05. The zero-order valence-corrected chi connectivity index (χ0v) is 16.5. The summed E-state index contributed by atoms with van der Waals surface area (Å²) in [5.41, 5.74) is 1.82. The molecule has 0 radical (unpaired) electrons. The molecule has 0 aliphatic rings. The van der Waals surface area contributed by atoms with Gasteiger partial charge in [-0.25, -0.2) is 4.39 Å². The number of rotatable bonds is 7. The molecule has 1 N–H and O–H groups in total. The number of methoxy groups -OCH3 is 2. The third kappa shape index (κ3) is 4.02. The van der Waals surface area contributed by atoms with E-state index >= 15 is 0 Å². The van der Waals surface area contributed by atoms with Gasteiger partial charge in [0.25, 0.3) is 0 Å². The summed E-state index contributed by atoms with van der Waals surface area (Å²) < 4.78 is 30.9. The highest BCUT2D eigenvalue weighted by Gasteiger charge is 2.15. The van der Waals surface area contributed by atoms with Gasteiger partial charge >= 0.3 is 0 Å². The maximum absolute atomic E-state index is 14.4. The molecule has 0 aliphatic heterocycles. The van der Waals surface area contributed by atoms with Crippen molar-refractivity contribution in [1.82, 2.24) is 4.98 Å². The van der Waals surface area contributed by atoms with Crippen molar-refractivity contribution in [2.75, 3.05) is 14.2 Å². The van der Waals surface area contributed by atoms with Gasteiger partial charge in [0.2, 0.25) is 0 Å². The number of benzene rings is 2. The molecule has 1 heterocycles. The number of ether oxygens (including phenoxy) is 3. The van der Waals surface area contributed by atoms with Crippen molar-refractivity contribution < 1.29 is 23.7 Å². The average molecular weight is 385 g/mol. The van der Waals surface area contributed by atoms with Crippen molar-refractivity contribution in [3.05, 3.63) is 59.2 Å². The van der Waals surface area contributed by atoms with Crippen molar-refractivity contribution in [2.24, 2.45) is 0 Å². The maximum Gasteiger partial charge on any atom is 0.161 e. The molecule has 148 valence electrons. The van der Waals surface area contributed by atoms with E-state index in [-0.39, 0.29) is 24.9 Å². The van der Waals surface area contributed by atoms with Crippen LogP contribution in [0.4, 0.5) is 4.39 Å². The predicted molar refractivity (Wildman–Crippen MR) is 106 cm³/mol. The fraction of sp³-hybridized carbons (Fsp3) is 0.318. The average Bonchev–Trinajstić information content (AvgIpc) is 2.69. The second-order valence-corrected chi connectivity index (χ2v) is 6.74. The molecule has 28 heavy (non-hydrogen) atoms. The first kappa shape index (κ1) is 19.9. The Bertz CT molecular complexity index is 988. The predicted octanol–water partition coefficient (Wildman–Crippen LogP) is 4.26. The van der Waals surface area contributed by atoms with Crippen LogP contribution in [0.25, 0.3) is 10.8 Å². The fourth-order valence-corrected chi connectivity index (χ4v) is 3.16. The monoisotopic (exact) mass is 385 g/mol. The van der Waals surface area contributed by atoms with Crippen LogP contribution >= 0.6 is 0 Å². The third-order valence-corrected chi connectivity index (χ3v) is 4.47. The van der Waals surface area contributed by atoms with E-state index in [1.54, 1.807) is 38.6 Å². The van der Waals surface area contributed by atoms with Crippen molar-refractivity contribution >= 4 is 10.8 Å². The molecule has 2 aromatic carbocycles. The molecule has 0 aliphatic carbocycles. The molecule has 3 aromatic rings.